The summed E-state index contributed by atoms with van der Waals surface area (Å²) in [6.45, 7) is 2.69. The molecule has 6 nitrogen and oxygen atoms in total. The molecule has 0 unspecified atom stereocenters. The van der Waals surface area contributed by atoms with E-state index >= 15 is 0 Å². The van der Waals surface area contributed by atoms with Crippen molar-refractivity contribution in [3.05, 3.63) is 84.1 Å². The molecule has 7 heteroatoms. The van der Waals surface area contributed by atoms with E-state index in [0.717, 1.165) is 12.0 Å². The van der Waals surface area contributed by atoms with E-state index in [1.54, 1.807) is 36.5 Å². The number of pyridine rings is 1. The number of hydrogen-bond donors (Lipinski definition) is 1. The quantitative estimate of drug-likeness (QED) is 0.538. The maximum atomic E-state index is 12.4. The van der Waals surface area contributed by atoms with Crippen LogP contribution in [0.3, 0.4) is 0 Å². The summed E-state index contributed by atoms with van der Waals surface area (Å²) in [5, 5.41) is 0. The fraction of sp³-hybridized carbons (Fsp3) is 0.227. The zero-order chi connectivity index (χ0) is 20.5. The molecule has 1 aromatic heterocycles. The Balaban J connectivity index is 1.71. The third-order valence-corrected chi connectivity index (χ3v) is 5.35. The van der Waals surface area contributed by atoms with Gasteiger partial charge in [-0.1, -0.05) is 55.5 Å². The Kier molecular flexibility index (Phi) is 7.21. The van der Waals surface area contributed by atoms with E-state index in [9.17, 15) is 8.42 Å². The first kappa shape index (κ1) is 20.8. The smallest absolute Gasteiger partial charge is 0.223 e. The number of ether oxygens (including phenoxy) is 2. The van der Waals surface area contributed by atoms with Gasteiger partial charge in [0.15, 0.2) is 11.5 Å². The second-order valence-corrected chi connectivity index (χ2v) is 8.24. The van der Waals surface area contributed by atoms with Crippen molar-refractivity contribution in [2.24, 2.45) is 0 Å². The first-order valence-corrected chi connectivity index (χ1v) is 11.1. The van der Waals surface area contributed by atoms with E-state index in [1.807, 2.05) is 43.3 Å². The highest BCUT2D eigenvalue weighted by Crippen LogP contribution is 2.32. The second-order valence-electron chi connectivity index (χ2n) is 6.43. The van der Waals surface area contributed by atoms with Crippen LogP contribution >= 0.6 is 0 Å². The molecule has 0 aliphatic rings. The van der Waals surface area contributed by atoms with Gasteiger partial charge in [-0.3, -0.25) is 0 Å². The van der Waals surface area contributed by atoms with Gasteiger partial charge in [0, 0.05) is 18.3 Å². The molecule has 3 rings (SSSR count). The summed E-state index contributed by atoms with van der Waals surface area (Å²) in [6, 6.07) is 19.9. The summed E-state index contributed by atoms with van der Waals surface area (Å²) in [4.78, 5) is 4.27. The van der Waals surface area contributed by atoms with Crippen molar-refractivity contribution in [2.75, 3.05) is 6.61 Å². The SMILES string of the molecule is CCCOc1ccccc1Oc1ncccc1CNS(=O)(=O)Cc1ccccc1. The predicted molar refractivity (Wildman–Crippen MR) is 112 cm³/mol. The van der Waals surface area contributed by atoms with Gasteiger partial charge in [-0.15, -0.1) is 0 Å². The number of para-hydroxylation sites is 2. The fourth-order valence-corrected chi connectivity index (χ4v) is 3.76. The van der Waals surface area contributed by atoms with Crippen molar-refractivity contribution < 1.29 is 17.9 Å². The normalized spacial score (nSPS) is 11.2. The summed E-state index contributed by atoms with van der Waals surface area (Å²) in [5.74, 6) is 1.41. The number of hydrogen-bond acceptors (Lipinski definition) is 5. The Bertz CT molecular complexity index is 1020. The summed E-state index contributed by atoms with van der Waals surface area (Å²) < 4.78 is 39.1. The lowest BCUT2D eigenvalue weighted by Gasteiger charge is -2.14. The zero-order valence-corrected chi connectivity index (χ0v) is 17.1. The number of aromatic nitrogens is 1. The van der Waals surface area contributed by atoms with Gasteiger partial charge >= 0.3 is 0 Å². The van der Waals surface area contributed by atoms with Crippen LogP contribution in [0.2, 0.25) is 0 Å². The predicted octanol–water partition coefficient (Wildman–Crippen LogP) is 4.28. The Morgan fingerprint density at radius 2 is 1.66 bits per heavy atom. The van der Waals surface area contributed by atoms with Crippen LogP contribution in [0.15, 0.2) is 72.9 Å². The van der Waals surface area contributed by atoms with Crippen LogP contribution in [0.5, 0.6) is 17.4 Å². The van der Waals surface area contributed by atoms with E-state index in [1.165, 1.54) is 0 Å². The van der Waals surface area contributed by atoms with Crippen molar-refractivity contribution in [2.45, 2.75) is 25.6 Å². The molecule has 0 radical (unpaired) electrons. The molecule has 0 saturated carbocycles. The van der Waals surface area contributed by atoms with Gasteiger partial charge in [0.1, 0.15) is 0 Å². The minimum absolute atomic E-state index is 0.0797. The third kappa shape index (κ3) is 6.30. The first-order valence-electron chi connectivity index (χ1n) is 9.42. The number of benzene rings is 2. The lowest BCUT2D eigenvalue weighted by molar-refractivity contribution is 0.300. The zero-order valence-electron chi connectivity index (χ0n) is 16.2. The molecular formula is C22H24N2O4S. The van der Waals surface area contributed by atoms with Gasteiger partial charge in [0.25, 0.3) is 0 Å². The number of nitrogens with one attached hydrogen (secondary N) is 1. The summed E-state index contributed by atoms with van der Waals surface area (Å²) in [6.07, 6.45) is 2.49. The van der Waals surface area contributed by atoms with Gasteiger partial charge in [0.2, 0.25) is 15.9 Å². The molecule has 0 aliphatic heterocycles. The summed E-state index contributed by atoms with van der Waals surface area (Å²) in [5.41, 5.74) is 1.36. The van der Waals surface area contributed by atoms with Crippen LogP contribution in [0, 0.1) is 0 Å². The maximum Gasteiger partial charge on any atom is 0.223 e. The van der Waals surface area contributed by atoms with Gasteiger partial charge in [-0.2, -0.15) is 0 Å². The van der Waals surface area contributed by atoms with Crippen molar-refractivity contribution >= 4 is 10.0 Å². The highest BCUT2D eigenvalue weighted by atomic mass is 32.2. The highest BCUT2D eigenvalue weighted by molar-refractivity contribution is 7.88. The van der Waals surface area contributed by atoms with Crippen LogP contribution in [0.1, 0.15) is 24.5 Å². The summed E-state index contributed by atoms with van der Waals surface area (Å²) in [7, 11) is -3.50. The van der Waals surface area contributed by atoms with E-state index in [4.69, 9.17) is 9.47 Å². The molecule has 1 N–H and O–H groups in total. The van der Waals surface area contributed by atoms with E-state index in [2.05, 4.69) is 9.71 Å². The topological polar surface area (TPSA) is 77.5 Å². The molecule has 0 fully saturated rings. The minimum Gasteiger partial charge on any atom is -0.490 e. The van der Waals surface area contributed by atoms with Crippen molar-refractivity contribution in [1.82, 2.24) is 9.71 Å². The lowest BCUT2D eigenvalue weighted by atomic mass is 10.2. The molecule has 0 bridgehead atoms. The summed E-state index contributed by atoms with van der Waals surface area (Å²) >= 11 is 0. The van der Waals surface area contributed by atoms with Gasteiger partial charge in [-0.25, -0.2) is 18.1 Å². The molecule has 0 aliphatic carbocycles. The number of sulfonamides is 1. The van der Waals surface area contributed by atoms with E-state index in [0.29, 0.717) is 29.5 Å². The Morgan fingerprint density at radius 1 is 0.931 bits per heavy atom. The Labute approximate surface area is 171 Å². The molecule has 2 aromatic carbocycles. The van der Waals surface area contributed by atoms with Crippen molar-refractivity contribution in [1.29, 1.82) is 0 Å². The molecule has 0 atom stereocenters. The standard InChI is InChI=1S/C22H24N2O4S/c1-2-15-27-20-12-6-7-13-21(20)28-22-19(11-8-14-23-22)16-24-29(25,26)17-18-9-4-3-5-10-18/h3-14,24H,2,15-17H2,1H3. The van der Waals surface area contributed by atoms with Crippen LogP contribution in [0.4, 0.5) is 0 Å². The Morgan fingerprint density at radius 3 is 2.41 bits per heavy atom. The first-order chi connectivity index (χ1) is 14.1. The maximum absolute atomic E-state index is 12.4. The monoisotopic (exact) mass is 412 g/mol. The average Bonchev–Trinajstić information content (AvgIpc) is 2.73. The fourth-order valence-electron chi connectivity index (χ4n) is 2.65. The largest absolute Gasteiger partial charge is 0.490 e. The van der Waals surface area contributed by atoms with Crippen LogP contribution < -0.4 is 14.2 Å². The third-order valence-electron chi connectivity index (χ3n) is 4.05. The molecular weight excluding hydrogens is 388 g/mol. The molecule has 0 saturated heterocycles. The van der Waals surface area contributed by atoms with Gasteiger partial charge < -0.3 is 9.47 Å². The van der Waals surface area contributed by atoms with Crippen LogP contribution in [-0.2, 0) is 22.3 Å². The van der Waals surface area contributed by atoms with Crippen molar-refractivity contribution in [3.8, 4) is 17.4 Å². The number of rotatable bonds is 10. The molecule has 152 valence electrons. The molecule has 0 amide bonds. The van der Waals surface area contributed by atoms with E-state index in [-0.39, 0.29) is 12.3 Å². The molecule has 1 heterocycles. The van der Waals surface area contributed by atoms with Crippen LogP contribution in [-0.4, -0.2) is 20.0 Å². The molecule has 0 spiro atoms. The van der Waals surface area contributed by atoms with Crippen molar-refractivity contribution in [3.63, 3.8) is 0 Å². The number of nitrogens with zero attached hydrogens (tertiary/aromatic N) is 1. The highest BCUT2D eigenvalue weighted by Gasteiger charge is 2.15. The lowest BCUT2D eigenvalue weighted by Crippen LogP contribution is -2.25. The molecule has 29 heavy (non-hydrogen) atoms. The van der Waals surface area contributed by atoms with Crippen LogP contribution in [0.25, 0.3) is 0 Å². The van der Waals surface area contributed by atoms with Gasteiger partial charge in [0.05, 0.1) is 12.4 Å². The second kappa shape index (κ2) is 10.0. The van der Waals surface area contributed by atoms with Gasteiger partial charge in [-0.05, 0) is 30.2 Å². The molecule has 3 aromatic rings. The average molecular weight is 413 g/mol. The minimum atomic E-state index is -3.50. The van der Waals surface area contributed by atoms with E-state index < -0.39 is 10.0 Å². The Hall–Kier alpha value is -2.90.